The number of fused-ring (bicyclic) bond motifs is 6. The van der Waals surface area contributed by atoms with Crippen LogP contribution in [0.15, 0.2) is 52.2 Å². The Labute approximate surface area is 196 Å². The summed E-state index contributed by atoms with van der Waals surface area (Å²) >= 11 is 0. The Morgan fingerprint density at radius 3 is 2.76 bits per heavy atom. The van der Waals surface area contributed by atoms with Crippen LogP contribution in [0.1, 0.15) is 48.1 Å². The van der Waals surface area contributed by atoms with E-state index in [2.05, 4.69) is 0 Å². The Balaban J connectivity index is 1.72. The molecule has 0 spiro atoms. The summed E-state index contributed by atoms with van der Waals surface area (Å²) in [6.45, 7) is 5.55. The fourth-order valence-electron chi connectivity index (χ4n) is 5.18. The molecule has 1 aromatic carbocycles. The van der Waals surface area contributed by atoms with Crippen molar-refractivity contribution in [3.63, 3.8) is 0 Å². The number of pyridine rings is 1. The number of methoxy groups -OCH3 is 1. The number of carbonyl (C=O) groups is 1. The van der Waals surface area contributed by atoms with Gasteiger partial charge in [0.05, 0.1) is 43.1 Å². The van der Waals surface area contributed by atoms with E-state index >= 15 is 0 Å². The number of aromatic carboxylic acids is 1. The highest BCUT2D eigenvalue weighted by molar-refractivity contribution is 5.88. The van der Waals surface area contributed by atoms with Crippen LogP contribution in [0, 0.1) is 0 Å². The first kappa shape index (κ1) is 22.4. The monoisotopic (exact) mass is 465 g/mol. The smallest absolute Gasteiger partial charge is 0.341 e. The third kappa shape index (κ3) is 3.63. The number of rotatable bonds is 7. The fourth-order valence-corrected chi connectivity index (χ4v) is 5.18. The van der Waals surface area contributed by atoms with E-state index in [1.54, 1.807) is 19.6 Å². The molecule has 3 aromatic rings. The molecule has 0 saturated carbocycles. The molecule has 178 valence electrons. The number of ether oxygens (including phenoxy) is 3. The standard InChI is InChI=1S/C26H27NO7/c1-26(2)24-20(14-34-26)17-10-23(33-7-4-6-31-3)16(15-5-8-32-13-15)9-18(17)21-11-22(28)19(25(29)30)12-27(21)24/h5,8-13,20,24H,4,6-7,14H2,1-3H3,(H,29,30)/t20-,24+/m1/s1. The van der Waals surface area contributed by atoms with E-state index in [4.69, 9.17) is 18.6 Å². The van der Waals surface area contributed by atoms with Gasteiger partial charge in [0.1, 0.15) is 11.3 Å². The van der Waals surface area contributed by atoms with Crippen LogP contribution in [0.5, 0.6) is 5.75 Å². The summed E-state index contributed by atoms with van der Waals surface area (Å²) in [5, 5.41) is 9.58. The summed E-state index contributed by atoms with van der Waals surface area (Å²) in [6, 6.07) is 7.14. The molecule has 5 rings (SSSR count). The molecule has 0 aliphatic carbocycles. The van der Waals surface area contributed by atoms with Crippen molar-refractivity contribution in [2.75, 3.05) is 26.9 Å². The molecule has 0 bridgehead atoms. The number of aromatic nitrogens is 1. The molecule has 2 atom stereocenters. The molecule has 34 heavy (non-hydrogen) atoms. The van der Waals surface area contributed by atoms with Crippen molar-refractivity contribution >= 4 is 5.97 Å². The summed E-state index contributed by atoms with van der Waals surface area (Å²) in [7, 11) is 1.66. The van der Waals surface area contributed by atoms with Crippen molar-refractivity contribution in [2.24, 2.45) is 0 Å². The minimum Gasteiger partial charge on any atom is -0.493 e. The van der Waals surface area contributed by atoms with Crippen molar-refractivity contribution < 1.29 is 28.5 Å². The topological polar surface area (TPSA) is 100 Å². The number of hydrogen-bond donors (Lipinski definition) is 1. The molecule has 1 N–H and O–H groups in total. The molecular weight excluding hydrogens is 438 g/mol. The number of carboxylic acid groups (broad SMARTS) is 1. The van der Waals surface area contributed by atoms with Crippen LogP contribution in [0.4, 0.5) is 0 Å². The zero-order valence-corrected chi connectivity index (χ0v) is 19.4. The molecule has 0 unspecified atom stereocenters. The third-order valence-corrected chi connectivity index (χ3v) is 6.75. The van der Waals surface area contributed by atoms with E-state index in [0.29, 0.717) is 25.5 Å². The predicted octanol–water partition coefficient (Wildman–Crippen LogP) is 4.34. The van der Waals surface area contributed by atoms with E-state index in [0.717, 1.165) is 34.4 Å². The second-order valence-corrected chi connectivity index (χ2v) is 9.26. The molecular formula is C26H27NO7. The van der Waals surface area contributed by atoms with Crippen LogP contribution in [0.2, 0.25) is 0 Å². The van der Waals surface area contributed by atoms with Crippen LogP contribution >= 0.6 is 0 Å². The molecule has 1 fully saturated rings. The maximum absolute atomic E-state index is 12.7. The zero-order valence-electron chi connectivity index (χ0n) is 19.4. The van der Waals surface area contributed by atoms with Crippen molar-refractivity contribution in [2.45, 2.75) is 37.8 Å². The van der Waals surface area contributed by atoms with Gasteiger partial charge in [0.15, 0.2) is 5.43 Å². The molecule has 4 heterocycles. The molecule has 8 nitrogen and oxygen atoms in total. The Kier molecular flexibility index (Phi) is 5.58. The van der Waals surface area contributed by atoms with Crippen LogP contribution in [-0.2, 0) is 9.47 Å². The van der Waals surface area contributed by atoms with Crippen molar-refractivity contribution in [3.8, 4) is 28.1 Å². The molecule has 2 aliphatic rings. The van der Waals surface area contributed by atoms with Gasteiger partial charge >= 0.3 is 5.97 Å². The Bertz CT molecular complexity index is 1290. The first-order valence-corrected chi connectivity index (χ1v) is 11.3. The van der Waals surface area contributed by atoms with Gasteiger partial charge in [-0.2, -0.15) is 0 Å². The molecule has 2 aromatic heterocycles. The zero-order chi connectivity index (χ0) is 24.0. The number of nitrogens with zero attached hydrogens (tertiary/aromatic N) is 1. The number of hydrogen-bond acceptors (Lipinski definition) is 6. The van der Waals surface area contributed by atoms with E-state index in [1.807, 2.05) is 36.6 Å². The first-order chi connectivity index (χ1) is 16.3. The van der Waals surface area contributed by atoms with Gasteiger partial charge in [-0.3, -0.25) is 4.79 Å². The lowest BCUT2D eigenvalue weighted by molar-refractivity contribution is 0.0145. The summed E-state index contributed by atoms with van der Waals surface area (Å²) in [5.41, 5.74) is 2.91. The largest absolute Gasteiger partial charge is 0.493 e. The SMILES string of the molecule is COCCCOc1cc2c(cc1-c1ccoc1)-c1cc(=O)c(C(=O)O)cn1[C@H]1[C@@H]2COC1(C)C. The summed E-state index contributed by atoms with van der Waals surface area (Å²) in [4.78, 5) is 24.4. The van der Waals surface area contributed by atoms with E-state index in [-0.39, 0.29) is 17.5 Å². The highest BCUT2D eigenvalue weighted by Crippen LogP contribution is 2.54. The van der Waals surface area contributed by atoms with Gasteiger partial charge in [-0.05, 0) is 37.6 Å². The molecule has 0 radical (unpaired) electrons. The fraction of sp³-hybridized carbons (Fsp3) is 0.385. The van der Waals surface area contributed by atoms with Gasteiger partial charge in [0.2, 0.25) is 0 Å². The lowest BCUT2D eigenvalue weighted by atomic mass is 9.78. The summed E-state index contributed by atoms with van der Waals surface area (Å²) in [5.74, 6) is -0.544. The lowest BCUT2D eigenvalue weighted by Crippen LogP contribution is -2.36. The van der Waals surface area contributed by atoms with Gasteiger partial charge in [-0.15, -0.1) is 0 Å². The third-order valence-electron chi connectivity index (χ3n) is 6.75. The van der Waals surface area contributed by atoms with Crippen LogP contribution < -0.4 is 10.2 Å². The number of furan rings is 1. The number of carboxylic acids is 1. The summed E-state index contributed by atoms with van der Waals surface area (Å²) in [6.07, 6.45) is 5.46. The highest BCUT2D eigenvalue weighted by atomic mass is 16.5. The van der Waals surface area contributed by atoms with E-state index < -0.39 is 17.0 Å². The van der Waals surface area contributed by atoms with E-state index in [1.165, 1.54) is 12.3 Å². The van der Waals surface area contributed by atoms with Crippen molar-refractivity contribution in [1.82, 2.24) is 4.57 Å². The molecule has 0 amide bonds. The first-order valence-electron chi connectivity index (χ1n) is 11.3. The quantitative estimate of drug-likeness (QED) is 0.518. The Hall–Kier alpha value is -3.36. The number of benzene rings is 1. The molecule has 2 aliphatic heterocycles. The summed E-state index contributed by atoms with van der Waals surface area (Å²) < 4.78 is 24.7. The predicted molar refractivity (Wildman–Crippen MR) is 125 cm³/mol. The second kappa shape index (κ2) is 8.45. The van der Waals surface area contributed by atoms with Gasteiger partial charge in [-0.1, -0.05) is 0 Å². The van der Waals surface area contributed by atoms with Crippen molar-refractivity contribution in [3.05, 3.63) is 64.3 Å². The Morgan fingerprint density at radius 2 is 2.06 bits per heavy atom. The van der Waals surface area contributed by atoms with Crippen LogP contribution in [0.25, 0.3) is 22.4 Å². The highest BCUT2D eigenvalue weighted by Gasteiger charge is 2.49. The van der Waals surface area contributed by atoms with Gasteiger partial charge in [0, 0.05) is 55.0 Å². The van der Waals surface area contributed by atoms with Crippen LogP contribution in [-0.4, -0.2) is 48.2 Å². The minimum atomic E-state index is -1.24. The molecule has 1 saturated heterocycles. The minimum absolute atomic E-state index is 0.0265. The average Bonchev–Trinajstić information content (AvgIpc) is 3.44. The van der Waals surface area contributed by atoms with Gasteiger partial charge in [0.25, 0.3) is 0 Å². The maximum atomic E-state index is 12.7. The maximum Gasteiger partial charge on any atom is 0.341 e. The molecule has 8 heteroatoms. The van der Waals surface area contributed by atoms with Gasteiger partial charge < -0.3 is 28.3 Å². The van der Waals surface area contributed by atoms with Crippen molar-refractivity contribution in [1.29, 1.82) is 0 Å². The van der Waals surface area contributed by atoms with Crippen LogP contribution in [0.3, 0.4) is 0 Å². The van der Waals surface area contributed by atoms with Gasteiger partial charge in [-0.25, -0.2) is 4.79 Å². The normalized spacial score (nSPS) is 19.9. The lowest BCUT2D eigenvalue weighted by Gasteiger charge is -2.38. The average molecular weight is 466 g/mol. The Morgan fingerprint density at radius 1 is 1.24 bits per heavy atom. The second-order valence-electron chi connectivity index (χ2n) is 9.26. The van der Waals surface area contributed by atoms with E-state index in [9.17, 15) is 14.7 Å².